The highest BCUT2D eigenvalue weighted by Gasteiger charge is 2.34. The summed E-state index contributed by atoms with van der Waals surface area (Å²) in [5.41, 5.74) is 1.52. The largest absolute Gasteiger partial charge is 0.252 e. The van der Waals surface area contributed by atoms with Gasteiger partial charge in [0.15, 0.2) is 0 Å². The summed E-state index contributed by atoms with van der Waals surface area (Å²) >= 11 is 0. The molecule has 3 heteroatoms. The third-order valence-corrected chi connectivity index (χ3v) is 4.15. The van der Waals surface area contributed by atoms with Gasteiger partial charge in [-0.3, -0.25) is 4.68 Å². The SMILES string of the molecule is CC.CCCn1cc(C(C)(C)CC(C)(C)C(C)C)nn1. The molecule has 118 valence electrons. The van der Waals surface area contributed by atoms with Gasteiger partial charge in [-0.2, -0.15) is 0 Å². The third-order valence-electron chi connectivity index (χ3n) is 4.15. The lowest BCUT2D eigenvalue weighted by atomic mass is 9.68. The lowest BCUT2D eigenvalue weighted by Gasteiger charge is -2.36. The summed E-state index contributed by atoms with van der Waals surface area (Å²) in [6, 6.07) is 0. The number of aromatic nitrogens is 3. The smallest absolute Gasteiger partial charge is 0.0883 e. The normalized spacial score (nSPS) is 12.3. The van der Waals surface area contributed by atoms with Gasteiger partial charge < -0.3 is 0 Å². The van der Waals surface area contributed by atoms with E-state index in [9.17, 15) is 0 Å². The van der Waals surface area contributed by atoms with Gasteiger partial charge in [0.25, 0.3) is 0 Å². The molecule has 0 aliphatic rings. The summed E-state index contributed by atoms with van der Waals surface area (Å²) < 4.78 is 1.96. The second-order valence-electron chi connectivity index (χ2n) is 7.07. The molecule has 0 spiro atoms. The van der Waals surface area contributed by atoms with E-state index >= 15 is 0 Å². The summed E-state index contributed by atoms with van der Waals surface area (Å²) in [6.45, 7) is 20.9. The van der Waals surface area contributed by atoms with E-state index < -0.39 is 0 Å². The predicted molar refractivity (Wildman–Crippen MR) is 87.9 cm³/mol. The van der Waals surface area contributed by atoms with E-state index in [0.717, 1.165) is 25.1 Å². The van der Waals surface area contributed by atoms with Gasteiger partial charge in [-0.15, -0.1) is 5.10 Å². The Balaban J connectivity index is 0.00000172. The maximum absolute atomic E-state index is 4.36. The van der Waals surface area contributed by atoms with Crippen LogP contribution >= 0.6 is 0 Å². The molecule has 1 heterocycles. The molecule has 0 aliphatic heterocycles. The van der Waals surface area contributed by atoms with Crippen LogP contribution in [0.15, 0.2) is 6.20 Å². The maximum Gasteiger partial charge on any atom is 0.0883 e. The molecule has 1 rings (SSSR count). The van der Waals surface area contributed by atoms with Crippen molar-refractivity contribution in [3.05, 3.63) is 11.9 Å². The molecule has 0 aliphatic carbocycles. The van der Waals surface area contributed by atoms with Gasteiger partial charge in [0.2, 0.25) is 0 Å². The number of aryl methyl sites for hydroxylation is 1. The van der Waals surface area contributed by atoms with Crippen molar-refractivity contribution in [2.24, 2.45) is 11.3 Å². The van der Waals surface area contributed by atoms with E-state index in [1.807, 2.05) is 18.5 Å². The Bertz CT molecular complexity index is 375. The highest BCUT2D eigenvalue weighted by Crippen LogP contribution is 2.40. The van der Waals surface area contributed by atoms with Crippen LogP contribution in [0.5, 0.6) is 0 Å². The van der Waals surface area contributed by atoms with Gasteiger partial charge in [0.1, 0.15) is 0 Å². The fraction of sp³-hybridized carbons (Fsp3) is 0.882. The molecule has 0 radical (unpaired) electrons. The Kier molecular flexibility index (Phi) is 7.46. The van der Waals surface area contributed by atoms with E-state index in [1.54, 1.807) is 0 Å². The summed E-state index contributed by atoms with van der Waals surface area (Å²) in [5.74, 6) is 0.669. The monoisotopic (exact) mass is 281 g/mol. The first kappa shape index (κ1) is 19.1. The summed E-state index contributed by atoms with van der Waals surface area (Å²) in [6.07, 6.45) is 4.34. The number of rotatable bonds is 6. The molecule has 1 aromatic heterocycles. The van der Waals surface area contributed by atoms with Crippen LogP contribution in [0, 0.1) is 11.3 Å². The molecule has 0 atom stereocenters. The van der Waals surface area contributed by atoms with E-state index in [2.05, 4.69) is 65.0 Å². The van der Waals surface area contributed by atoms with Gasteiger partial charge in [0.05, 0.1) is 5.69 Å². The van der Waals surface area contributed by atoms with Gasteiger partial charge in [-0.25, -0.2) is 0 Å². The molecule has 0 aromatic carbocycles. The molecule has 3 nitrogen and oxygen atoms in total. The van der Waals surface area contributed by atoms with E-state index in [0.29, 0.717) is 11.3 Å². The zero-order chi connectivity index (χ0) is 16.0. The van der Waals surface area contributed by atoms with Crippen LogP contribution in [0.4, 0.5) is 0 Å². The van der Waals surface area contributed by atoms with Crippen LogP contribution in [-0.4, -0.2) is 15.0 Å². The van der Waals surface area contributed by atoms with Gasteiger partial charge in [-0.1, -0.05) is 67.5 Å². The second kappa shape index (κ2) is 7.80. The van der Waals surface area contributed by atoms with Crippen molar-refractivity contribution in [2.75, 3.05) is 0 Å². The fourth-order valence-corrected chi connectivity index (χ4v) is 2.38. The minimum atomic E-state index is 0.0831. The average molecular weight is 281 g/mol. The quantitative estimate of drug-likeness (QED) is 0.729. The maximum atomic E-state index is 4.36. The number of hydrogen-bond acceptors (Lipinski definition) is 2. The molecule has 0 fully saturated rings. The summed E-state index contributed by atoms with van der Waals surface area (Å²) in [7, 11) is 0. The first-order valence-corrected chi connectivity index (χ1v) is 8.09. The van der Waals surface area contributed by atoms with Crippen LogP contribution in [0.3, 0.4) is 0 Å². The predicted octanol–water partition coefficient (Wildman–Crippen LogP) is 5.06. The molecule has 0 amide bonds. The zero-order valence-electron chi connectivity index (χ0n) is 15.1. The van der Waals surface area contributed by atoms with E-state index in [-0.39, 0.29) is 5.41 Å². The molecule has 0 bridgehead atoms. The molecular formula is C17H35N3. The first-order valence-electron chi connectivity index (χ1n) is 8.09. The molecule has 1 aromatic rings. The highest BCUT2D eigenvalue weighted by molar-refractivity contribution is 5.10. The Hall–Kier alpha value is -0.860. The third kappa shape index (κ3) is 5.26. The number of hydrogen-bond donors (Lipinski definition) is 0. The van der Waals surface area contributed by atoms with Gasteiger partial charge in [0, 0.05) is 18.2 Å². The molecule has 0 saturated carbocycles. The molecular weight excluding hydrogens is 246 g/mol. The van der Waals surface area contributed by atoms with Crippen LogP contribution in [0.2, 0.25) is 0 Å². The van der Waals surface area contributed by atoms with Crippen LogP contribution in [-0.2, 0) is 12.0 Å². The topological polar surface area (TPSA) is 30.7 Å². The van der Waals surface area contributed by atoms with Crippen molar-refractivity contribution in [1.29, 1.82) is 0 Å². The van der Waals surface area contributed by atoms with Crippen molar-refractivity contribution < 1.29 is 0 Å². The minimum Gasteiger partial charge on any atom is -0.252 e. The Morgan fingerprint density at radius 3 is 2.15 bits per heavy atom. The van der Waals surface area contributed by atoms with Crippen molar-refractivity contribution in [3.63, 3.8) is 0 Å². The minimum absolute atomic E-state index is 0.0831. The van der Waals surface area contributed by atoms with Gasteiger partial charge in [-0.05, 0) is 24.2 Å². The standard InChI is InChI=1S/C15H29N3.C2H6/c1-8-9-18-10-13(16-17-18)15(6,7)11-14(4,5)12(2)3;1-2/h10,12H,8-9,11H2,1-7H3;1-2H3. The number of nitrogens with zero attached hydrogens (tertiary/aromatic N) is 3. The van der Waals surface area contributed by atoms with Crippen LogP contribution in [0.25, 0.3) is 0 Å². The Morgan fingerprint density at radius 1 is 1.15 bits per heavy atom. The van der Waals surface area contributed by atoms with Crippen molar-refractivity contribution in [3.8, 4) is 0 Å². The van der Waals surface area contributed by atoms with Crippen molar-refractivity contribution in [2.45, 2.75) is 87.1 Å². The van der Waals surface area contributed by atoms with E-state index in [4.69, 9.17) is 0 Å². The van der Waals surface area contributed by atoms with Crippen molar-refractivity contribution in [1.82, 2.24) is 15.0 Å². The highest BCUT2D eigenvalue weighted by atomic mass is 15.4. The van der Waals surface area contributed by atoms with Gasteiger partial charge >= 0.3 is 0 Å². The average Bonchev–Trinajstić information content (AvgIpc) is 2.80. The Morgan fingerprint density at radius 2 is 1.70 bits per heavy atom. The van der Waals surface area contributed by atoms with Crippen molar-refractivity contribution >= 4 is 0 Å². The molecule has 0 saturated heterocycles. The van der Waals surface area contributed by atoms with Crippen LogP contribution in [0.1, 0.15) is 80.8 Å². The zero-order valence-corrected chi connectivity index (χ0v) is 15.1. The Labute approximate surface area is 126 Å². The van der Waals surface area contributed by atoms with Crippen LogP contribution < -0.4 is 0 Å². The lowest BCUT2D eigenvalue weighted by Crippen LogP contribution is -2.30. The summed E-state index contributed by atoms with van der Waals surface area (Å²) in [4.78, 5) is 0. The lowest BCUT2D eigenvalue weighted by molar-refractivity contribution is 0.179. The first-order chi connectivity index (χ1) is 9.19. The molecule has 0 N–H and O–H groups in total. The second-order valence-corrected chi connectivity index (χ2v) is 7.07. The summed E-state index contributed by atoms with van der Waals surface area (Å²) in [5, 5.41) is 8.58. The molecule has 20 heavy (non-hydrogen) atoms. The molecule has 0 unspecified atom stereocenters. The fourth-order valence-electron chi connectivity index (χ4n) is 2.38. The van der Waals surface area contributed by atoms with E-state index in [1.165, 1.54) is 0 Å².